The van der Waals surface area contributed by atoms with Crippen LogP contribution in [-0.2, 0) is 4.84 Å². The Morgan fingerprint density at radius 3 is 3.22 bits per heavy atom. The second kappa shape index (κ2) is 2.76. The first-order valence-electron chi connectivity index (χ1n) is 2.39. The second-order valence-electron chi connectivity index (χ2n) is 1.43. The molecule has 0 radical (unpaired) electrons. The van der Waals surface area contributed by atoms with E-state index < -0.39 is 0 Å². The number of allylic oxidation sites excluding steroid dienone is 2. The summed E-state index contributed by atoms with van der Waals surface area (Å²) in [6.45, 7) is 0. The molecule has 9 heavy (non-hydrogen) atoms. The van der Waals surface area contributed by atoms with Crippen molar-refractivity contribution in [3.05, 3.63) is 24.1 Å². The minimum Gasteiger partial charge on any atom is -0.411 e. The molecule has 1 rings (SSSR count). The molecule has 0 atom stereocenters. The number of hydroxylamine groups is 1. The monoisotopic (exact) mass is 126 g/mol. The summed E-state index contributed by atoms with van der Waals surface area (Å²) >= 11 is 0. The predicted molar refractivity (Wildman–Crippen MR) is 31.7 cm³/mol. The smallest absolute Gasteiger partial charge is 0.119 e. The summed E-state index contributed by atoms with van der Waals surface area (Å²) in [5, 5.41) is 10.9. The van der Waals surface area contributed by atoms with Gasteiger partial charge in [-0.05, 0) is 6.08 Å². The Kier molecular flexibility index (Phi) is 1.74. The largest absolute Gasteiger partial charge is 0.411 e. The quantitative estimate of drug-likeness (QED) is 0.303. The van der Waals surface area contributed by atoms with Crippen LogP contribution in [0.1, 0.15) is 0 Å². The van der Waals surface area contributed by atoms with E-state index in [1.165, 1.54) is 12.5 Å². The Labute approximate surface area is 52.1 Å². The highest BCUT2D eigenvalue weighted by molar-refractivity contribution is 5.81. The van der Waals surface area contributed by atoms with Gasteiger partial charge in [0.25, 0.3) is 0 Å². The first kappa shape index (κ1) is 5.68. The third-order valence-corrected chi connectivity index (χ3v) is 0.829. The standard InChI is InChI=1S/C5H6N2O2/c8-6-3-5-1-2-9-7-4-5/h1-4,7-8H/b6-3+. The number of hydrogen-bond acceptors (Lipinski definition) is 4. The molecule has 48 valence electrons. The van der Waals surface area contributed by atoms with E-state index in [2.05, 4.69) is 15.5 Å². The summed E-state index contributed by atoms with van der Waals surface area (Å²) in [6.07, 6.45) is 5.99. The van der Waals surface area contributed by atoms with Crippen molar-refractivity contribution < 1.29 is 10.0 Å². The van der Waals surface area contributed by atoms with Crippen LogP contribution in [-0.4, -0.2) is 11.4 Å². The number of rotatable bonds is 1. The maximum absolute atomic E-state index is 8.04. The lowest BCUT2D eigenvalue weighted by Crippen LogP contribution is -2.06. The molecule has 1 aliphatic heterocycles. The topological polar surface area (TPSA) is 53.9 Å². The molecule has 4 heteroatoms. The Morgan fingerprint density at radius 2 is 2.67 bits per heavy atom. The van der Waals surface area contributed by atoms with E-state index in [9.17, 15) is 0 Å². The van der Waals surface area contributed by atoms with Gasteiger partial charge in [0, 0.05) is 11.8 Å². The molecule has 0 saturated carbocycles. The number of nitrogens with zero attached hydrogens (tertiary/aromatic N) is 1. The van der Waals surface area contributed by atoms with Crippen LogP contribution in [0.2, 0.25) is 0 Å². The van der Waals surface area contributed by atoms with Gasteiger partial charge >= 0.3 is 0 Å². The zero-order valence-corrected chi connectivity index (χ0v) is 4.61. The van der Waals surface area contributed by atoms with Crippen LogP contribution in [0.15, 0.2) is 29.3 Å². The molecule has 1 aliphatic rings. The maximum atomic E-state index is 8.04. The van der Waals surface area contributed by atoms with Crippen molar-refractivity contribution in [3.63, 3.8) is 0 Å². The zero-order valence-electron chi connectivity index (χ0n) is 4.61. The molecule has 0 aromatic heterocycles. The highest BCUT2D eigenvalue weighted by Crippen LogP contribution is 1.95. The summed E-state index contributed by atoms with van der Waals surface area (Å²) in [5.74, 6) is 0. The Bertz CT molecular complexity index is 168. The highest BCUT2D eigenvalue weighted by Gasteiger charge is 1.90. The minimum absolute atomic E-state index is 0.753. The lowest BCUT2D eigenvalue weighted by molar-refractivity contribution is 0.171. The Morgan fingerprint density at radius 1 is 1.78 bits per heavy atom. The summed E-state index contributed by atoms with van der Waals surface area (Å²) in [6, 6.07) is 0. The summed E-state index contributed by atoms with van der Waals surface area (Å²) in [7, 11) is 0. The van der Waals surface area contributed by atoms with Gasteiger partial charge in [-0.1, -0.05) is 5.16 Å². The van der Waals surface area contributed by atoms with Gasteiger partial charge in [-0.15, -0.1) is 0 Å². The average Bonchev–Trinajstić information content (AvgIpc) is 1.91. The van der Waals surface area contributed by atoms with Crippen LogP contribution in [0, 0.1) is 0 Å². The third-order valence-electron chi connectivity index (χ3n) is 0.829. The van der Waals surface area contributed by atoms with Crippen molar-refractivity contribution in [3.8, 4) is 0 Å². The molecule has 0 aromatic rings. The van der Waals surface area contributed by atoms with Crippen LogP contribution in [0.3, 0.4) is 0 Å². The molecule has 0 aromatic carbocycles. The molecule has 0 fully saturated rings. The van der Waals surface area contributed by atoms with E-state index in [4.69, 9.17) is 5.21 Å². The molecule has 0 aliphatic carbocycles. The zero-order chi connectivity index (χ0) is 6.53. The maximum Gasteiger partial charge on any atom is 0.119 e. The van der Waals surface area contributed by atoms with Gasteiger partial charge in [0.1, 0.15) is 6.26 Å². The first-order valence-corrected chi connectivity index (χ1v) is 2.39. The van der Waals surface area contributed by atoms with Gasteiger partial charge in [-0.25, -0.2) is 5.48 Å². The van der Waals surface area contributed by atoms with Crippen LogP contribution < -0.4 is 5.48 Å². The Balaban J connectivity index is 2.58. The third kappa shape index (κ3) is 1.49. The Hall–Kier alpha value is -1.45. The highest BCUT2D eigenvalue weighted by atomic mass is 16.6. The molecular weight excluding hydrogens is 120 g/mol. The van der Waals surface area contributed by atoms with E-state index in [0.29, 0.717) is 0 Å². The van der Waals surface area contributed by atoms with Gasteiger partial charge in [-0.2, -0.15) is 0 Å². The van der Waals surface area contributed by atoms with E-state index in [-0.39, 0.29) is 0 Å². The molecule has 0 spiro atoms. The van der Waals surface area contributed by atoms with Crippen LogP contribution >= 0.6 is 0 Å². The normalized spacial score (nSPS) is 16.7. The molecule has 1 heterocycles. The fourth-order valence-corrected chi connectivity index (χ4v) is 0.449. The van der Waals surface area contributed by atoms with Crippen molar-refractivity contribution in [1.82, 2.24) is 5.48 Å². The van der Waals surface area contributed by atoms with E-state index >= 15 is 0 Å². The summed E-state index contributed by atoms with van der Waals surface area (Å²) < 4.78 is 0. The summed E-state index contributed by atoms with van der Waals surface area (Å²) in [4.78, 5) is 4.60. The second-order valence-corrected chi connectivity index (χ2v) is 1.43. The van der Waals surface area contributed by atoms with Crippen molar-refractivity contribution in [2.75, 3.05) is 0 Å². The molecule has 0 amide bonds. The number of hydrogen-bond donors (Lipinski definition) is 2. The SMILES string of the molecule is O/N=C/C1=CNOC=C1. The van der Waals surface area contributed by atoms with Gasteiger partial charge in [-0.3, -0.25) is 0 Å². The van der Waals surface area contributed by atoms with E-state index in [1.807, 2.05) is 0 Å². The van der Waals surface area contributed by atoms with E-state index in [1.54, 1.807) is 12.3 Å². The first-order chi connectivity index (χ1) is 4.43. The van der Waals surface area contributed by atoms with Gasteiger partial charge in [0.05, 0.1) is 6.21 Å². The van der Waals surface area contributed by atoms with Gasteiger partial charge < -0.3 is 10.0 Å². The van der Waals surface area contributed by atoms with Crippen molar-refractivity contribution >= 4 is 6.21 Å². The molecule has 0 saturated heterocycles. The van der Waals surface area contributed by atoms with Crippen LogP contribution in [0.4, 0.5) is 0 Å². The number of oxime groups is 1. The average molecular weight is 126 g/mol. The molecule has 2 N–H and O–H groups in total. The predicted octanol–water partition coefficient (Wildman–Crippen LogP) is 0.379. The minimum atomic E-state index is 0.753. The molecular formula is C5H6N2O2. The fourth-order valence-electron chi connectivity index (χ4n) is 0.449. The van der Waals surface area contributed by atoms with Crippen molar-refractivity contribution in [1.29, 1.82) is 0 Å². The van der Waals surface area contributed by atoms with Crippen LogP contribution in [0.5, 0.6) is 0 Å². The molecule has 0 unspecified atom stereocenters. The van der Waals surface area contributed by atoms with E-state index in [0.717, 1.165) is 5.57 Å². The molecule has 4 nitrogen and oxygen atoms in total. The fraction of sp³-hybridized carbons (Fsp3) is 0. The number of nitrogens with one attached hydrogen (secondary N) is 1. The lowest BCUT2D eigenvalue weighted by Gasteiger charge is -2.03. The summed E-state index contributed by atoms with van der Waals surface area (Å²) in [5.41, 5.74) is 3.22. The van der Waals surface area contributed by atoms with Crippen LogP contribution in [0.25, 0.3) is 0 Å². The van der Waals surface area contributed by atoms with Crippen molar-refractivity contribution in [2.24, 2.45) is 5.16 Å². The van der Waals surface area contributed by atoms with Gasteiger partial charge in [0.15, 0.2) is 0 Å². The van der Waals surface area contributed by atoms with Gasteiger partial charge in [0.2, 0.25) is 0 Å². The molecule has 0 bridgehead atoms. The lowest BCUT2D eigenvalue weighted by atomic mass is 10.3. The van der Waals surface area contributed by atoms with Crippen molar-refractivity contribution in [2.45, 2.75) is 0 Å².